The van der Waals surface area contributed by atoms with Gasteiger partial charge < -0.3 is 31.5 Å². The fraction of sp³-hybridized carbons (Fsp3) is 0. The van der Waals surface area contributed by atoms with Crippen molar-refractivity contribution in [1.29, 1.82) is 0 Å². The van der Waals surface area contributed by atoms with Crippen molar-refractivity contribution >= 4 is 111 Å². The van der Waals surface area contributed by atoms with Crippen LogP contribution in [0.15, 0.2) is 161 Å². The monoisotopic (exact) mass is 999 g/mol. The summed E-state index contributed by atoms with van der Waals surface area (Å²) in [6, 6.07) is 14.6. The van der Waals surface area contributed by atoms with Gasteiger partial charge in [-0.1, -0.05) is 12.2 Å². The second-order valence-corrected chi connectivity index (χ2v) is 18.3. The molecular formula is C41H29N9O16S3. The van der Waals surface area contributed by atoms with Crippen molar-refractivity contribution in [2.45, 2.75) is 9.79 Å². The Morgan fingerprint density at radius 3 is 1.93 bits per heavy atom. The van der Waals surface area contributed by atoms with Gasteiger partial charge in [0.1, 0.15) is 44.0 Å². The van der Waals surface area contributed by atoms with Crippen LogP contribution in [-0.4, -0.2) is 94.7 Å². The first-order valence-electron chi connectivity index (χ1n) is 18.9. The number of hydrazine groups is 1. The highest BCUT2D eigenvalue weighted by atomic mass is 32.2. The summed E-state index contributed by atoms with van der Waals surface area (Å²) >= 11 is 0. The number of aliphatic hydroxyl groups is 1. The third-order valence-corrected chi connectivity index (χ3v) is 12.0. The second kappa shape index (κ2) is 18.8. The van der Waals surface area contributed by atoms with E-state index in [1.807, 2.05) is 0 Å². The van der Waals surface area contributed by atoms with Gasteiger partial charge in [-0.15, -0.1) is 20.4 Å². The lowest BCUT2D eigenvalue weighted by Gasteiger charge is -2.17. The molecule has 3 aliphatic carbocycles. The van der Waals surface area contributed by atoms with Crippen LogP contribution in [0.2, 0.25) is 0 Å². The molecule has 0 radical (unpaired) electrons. The van der Waals surface area contributed by atoms with Crippen LogP contribution in [0.4, 0.5) is 34.1 Å². The maximum Gasteiger partial charge on any atom is 0.339 e. The Labute approximate surface area is 387 Å². The van der Waals surface area contributed by atoms with Crippen LogP contribution in [0, 0.1) is 0 Å². The van der Waals surface area contributed by atoms with Crippen LogP contribution < -0.4 is 21.6 Å². The number of Topliss-reactive ketones (excluding diaryl/α,β-unsaturated/α-hetero) is 1. The molecule has 0 aliphatic heterocycles. The average Bonchev–Trinajstić information content (AvgIpc) is 3.27. The molecule has 0 spiro atoms. The number of anilines is 5. The maximum atomic E-state index is 13.9. The van der Waals surface area contributed by atoms with Gasteiger partial charge in [0.2, 0.25) is 17.3 Å². The van der Waals surface area contributed by atoms with E-state index in [4.69, 9.17) is 0 Å². The van der Waals surface area contributed by atoms with Gasteiger partial charge in [0.05, 0.1) is 38.9 Å². The third-order valence-electron chi connectivity index (χ3n) is 9.41. The predicted molar refractivity (Wildman–Crippen MR) is 246 cm³/mol. The van der Waals surface area contributed by atoms with Crippen LogP contribution >= 0.6 is 0 Å². The SMILES string of the molecule is O=C1C=CC=C/C1=N/N=C1/C(=O)c2c(cc(S(=O)(=O)O)cc2N=NC2=C/C(=N\Nc3ccc(Nc4ccc(NNc5ccc(O)c(C(=O)O)c5)cc4S(=O)(=O)O)cc3)C(=O)C=C2O)C=C1S(=O)(=O)O. The molecule has 0 bridgehead atoms. The molecule has 0 aromatic heterocycles. The Balaban J connectivity index is 1.12. The number of hydrogen-bond acceptors (Lipinski definition) is 21. The lowest BCUT2D eigenvalue weighted by Crippen LogP contribution is -2.26. The molecule has 0 fully saturated rings. The van der Waals surface area contributed by atoms with E-state index in [9.17, 15) is 73.4 Å². The van der Waals surface area contributed by atoms with Gasteiger partial charge in [0.25, 0.3) is 30.4 Å². The summed E-state index contributed by atoms with van der Waals surface area (Å²) < 4.78 is 104. The molecule has 0 saturated carbocycles. The first kappa shape index (κ1) is 48.1. The Bertz CT molecular complexity index is 3580. The number of carbonyl (C=O) groups is 4. The first-order chi connectivity index (χ1) is 32.5. The Kier molecular flexibility index (Phi) is 13.1. The minimum absolute atomic E-state index is 0.0620. The number of carboxylic acid groups (broad SMARTS) is 1. The van der Waals surface area contributed by atoms with Gasteiger partial charge in [0.15, 0.2) is 5.71 Å². The Morgan fingerprint density at radius 2 is 1.28 bits per heavy atom. The van der Waals surface area contributed by atoms with E-state index in [1.54, 1.807) is 0 Å². The first-order valence-corrected chi connectivity index (χ1v) is 23.2. The molecule has 10 N–H and O–H groups in total. The summed E-state index contributed by atoms with van der Waals surface area (Å²) in [7, 11) is -15.2. The number of carbonyl (C=O) groups excluding carboxylic acids is 3. The van der Waals surface area contributed by atoms with Gasteiger partial charge in [-0.3, -0.25) is 33.5 Å². The van der Waals surface area contributed by atoms with E-state index in [0.29, 0.717) is 30.0 Å². The summed E-state index contributed by atoms with van der Waals surface area (Å²) in [4.78, 5) is 47.6. The number of aromatic carboxylic acids is 1. The predicted octanol–water partition coefficient (Wildman–Crippen LogP) is 5.14. The van der Waals surface area contributed by atoms with Crippen molar-refractivity contribution in [3.05, 3.63) is 142 Å². The highest BCUT2D eigenvalue weighted by Gasteiger charge is 2.36. The summed E-state index contributed by atoms with van der Waals surface area (Å²) in [6.07, 6.45) is 7.36. The van der Waals surface area contributed by atoms with Crippen molar-refractivity contribution in [3.8, 4) is 5.75 Å². The van der Waals surface area contributed by atoms with E-state index < -0.39 is 114 Å². The van der Waals surface area contributed by atoms with Crippen LogP contribution in [0.1, 0.15) is 26.3 Å². The zero-order valence-electron chi connectivity index (χ0n) is 34.2. The lowest BCUT2D eigenvalue weighted by molar-refractivity contribution is -0.109. The molecule has 3 aliphatic rings. The molecule has 352 valence electrons. The van der Waals surface area contributed by atoms with Gasteiger partial charge >= 0.3 is 5.97 Å². The molecule has 0 unspecified atom stereocenters. The van der Waals surface area contributed by atoms with Crippen LogP contribution in [-0.2, 0) is 39.9 Å². The van der Waals surface area contributed by atoms with E-state index in [0.717, 1.165) is 30.4 Å². The number of hydrazone groups is 1. The van der Waals surface area contributed by atoms with E-state index in [-0.39, 0.29) is 34.2 Å². The maximum absolute atomic E-state index is 13.9. The normalized spacial score (nSPS) is 16.9. The number of azo groups is 1. The average molecular weight is 1000 g/mol. The van der Waals surface area contributed by atoms with Gasteiger partial charge in [0, 0.05) is 17.8 Å². The highest BCUT2D eigenvalue weighted by molar-refractivity contribution is 7.91. The molecule has 28 heteroatoms. The number of carboxylic acids is 1. The molecule has 0 atom stereocenters. The second-order valence-electron chi connectivity index (χ2n) is 14.1. The fourth-order valence-corrected chi connectivity index (χ4v) is 8.03. The number of allylic oxidation sites excluding steroid dienone is 7. The number of ketones is 3. The van der Waals surface area contributed by atoms with E-state index >= 15 is 0 Å². The number of rotatable bonds is 14. The smallest absolute Gasteiger partial charge is 0.339 e. The minimum atomic E-state index is -5.28. The van der Waals surface area contributed by atoms with Crippen molar-refractivity contribution in [2.75, 3.05) is 21.6 Å². The zero-order chi connectivity index (χ0) is 50.0. The Morgan fingerprint density at radius 1 is 0.623 bits per heavy atom. The number of aliphatic hydroxyl groups excluding tert-OH is 1. The van der Waals surface area contributed by atoms with Crippen LogP contribution in [0.25, 0.3) is 6.08 Å². The van der Waals surface area contributed by atoms with Crippen LogP contribution in [0.5, 0.6) is 5.75 Å². The van der Waals surface area contributed by atoms with Crippen molar-refractivity contribution in [1.82, 2.24) is 0 Å². The standard InChI is InChI=1S/C41H29N9O16S3/c51-32-12-10-23(15-26(32)41(56)57)44-45-24-9-11-28(36(16-24)68(61,62)63)42-21-5-7-22(8-6-21)43-47-29-18-30(35(54)19-34(29)53)48-49-31-17-25(67(58,59)60)13-20-14-37(69(64,65)66)39(40(55)38(20)31)50-46-27-3-1-2-4-33(27)52/h1-19,42-45,51,54H,(H,56,57)(H,58,59,60)(H,61,62,63)(H,64,65,66)/b46-27-,47-29+,49-48?,50-39+. The molecule has 69 heavy (non-hydrogen) atoms. The largest absolute Gasteiger partial charge is 0.507 e. The van der Waals surface area contributed by atoms with Gasteiger partial charge in [-0.05, 0) is 96.6 Å². The number of nitrogens with one attached hydrogen (secondary N) is 4. The molecule has 0 amide bonds. The quantitative estimate of drug-likeness (QED) is 0.0257. The fourth-order valence-electron chi connectivity index (χ4n) is 6.16. The summed E-state index contributed by atoms with van der Waals surface area (Å²) in [5.41, 5.74) is 4.43. The molecule has 4 aromatic rings. The van der Waals surface area contributed by atoms with Crippen LogP contribution in [0.3, 0.4) is 0 Å². The zero-order valence-corrected chi connectivity index (χ0v) is 36.6. The number of nitrogens with zero attached hydrogens (tertiary/aromatic N) is 5. The van der Waals surface area contributed by atoms with Crippen molar-refractivity contribution in [3.63, 3.8) is 0 Å². The van der Waals surface area contributed by atoms with E-state index in [2.05, 4.69) is 47.1 Å². The molecule has 0 saturated heterocycles. The number of benzene rings is 4. The molecule has 25 nitrogen and oxygen atoms in total. The third kappa shape index (κ3) is 11.1. The minimum Gasteiger partial charge on any atom is -0.507 e. The summed E-state index contributed by atoms with van der Waals surface area (Å²) in [6.45, 7) is 0. The summed E-state index contributed by atoms with van der Waals surface area (Å²) in [5, 5.41) is 51.4. The van der Waals surface area contributed by atoms with Crippen molar-refractivity contribution < 1.29 is 73.4 Å². The highest BCUT2D eigenvalue weighted by Crippen LogP contribution is 2.36. The number of fused-ring (bicyclic) bond motifs is 1. The van der Waals surface area contributed by atoms with Gasteiger partial charge in [-0.2, -0.15) is 30.4 Å². The molecule has 4 aromatic carbocycles. The number of hydrogen-bond donors (Lipinski definition) is 10. The molecule has 7 rings (SSSR count). The molecular weight excluding hydrogens is 971 g/mol. The topological polar surface area (TPSA) is 402 Å². The molecule has 0 heterocycles. The van der Waals surface area contributed by atoms with Gasteiger partial charge in [-0.25, -0.2) is 4.79 Å². The van der Waals surface area contributed by atoms with Crippen molar-refractivity contribution in [2.24, 2.45) is 25.5 Å². The number of phenols is 1. The summed E-state index contributed by atoms with van der Waals surface area (Å²) in [5.74, 6) is -5.45. The lowest BCUT2D eigenvalue weighted by atomic mass is 9.93. The van der Waals surface area contributed by atoms with E-state index in [1.165, 1.54) is 60.7 Å². The number of aromatic hydroxyl groups is 1. The Hall–Kier alpha value is -8.80.